The number of fused-ring (bicyclic) bond motifs is 1. The van der Waals surface area contributed by atoms with Gasteiger partial charge >= 0.3 is 17.9 Å². The Balaban J connectivity index is 1.45. The third-order valence-electron chi connectivity index (χ3n) is 11.0. The summed E-state index contributed by atoms with van der Waals surface area (Å²) in [6, 6.07) is 0. The van der Waals surface area contributed by atoms with E-state index in [1.807, 2.05) is 27.7 Å². The molecule has 2 aliphatic carbocycles. The van der Waals surface area contributed by atoms with E-state index < -0.39 is 63.9 Å². The standard InChI is InChI=1S/C31H39N3O9/c1-15-24-25(41-22(37)7-10-29(24,5)19-14-23(38)43-28(19,3)4)26(40-16(2)35)30(6)18(13-20-31(15,30)42-20)17-9-12-34(27(17)39)21(36)8-11-33-32/h7,9-10,18-20,24-26,33H,1,8,11-14,32H2,2-6H3. The van der Waals surface area contributed by atoms with E-state index >= 15 is 0 Å². The third-order valence-corrected chi connectivity index (χ3v) is 11.0. The van der Waals surface area contributed by atoms with Crippen molar-refractivity contribution >= 4 is 29.7 Å². The van der Waals surface area contributed by atoms with Crippen LogP contribution in [0, 0.1) is 28.6 Å². The molecule has 4 heterocycles. The van der Waals surface area contributed by atoms with Crippen LogP contribution < -0.4 is 11.3 Å². The average molecular weight is 598 g/mol. The topological polar surface area (TPSA) is 167 Å². The molecule has 6 aliphatic rings. The van der Waals surface area contributed by atoms with Gasteiger partial charge in [0, 0.05) is 61.3 Å². The number of epoxide rings is 1. The maximum Gasteiger partial charge on any atom is 0.330 e. The van der Waals surface area contributed by atoms with E-state index in [1.165, 1.54) is 17.9 Å². The second-order valence-electron chi connectivity index (χ2n) is 13.6. The first-order chi connectivity index (χ1) is 20.1. The fourth-order valence-electron chi connectivity index (χ4n) is 9.24. The van der Waals surface area contributed by atoms with Crippen molar-refractivity contribution in [3.8, 4) is 0 Å². The number of carbonyl (C=O) groups is 5. The lowest BCUT2D eigenvalue weighted by Crippen LogP contribution is -2.66. The van der Waals surface area contributed by atoms with Crippen molar-refractivity contribution in [3.05, 3.63) is 36.0 Å². The van der Waals surface area contributed by atoms with Crippen molar-refractivity contribution in [2.75, 3.05) is 13.1 Å². The van der Waals surface area contributed by atoms with Crippen molar-refractivity contribution in [1.29, 1.82) is 0 Å². The van der Waals surface area contributed by atoms with Crippen molar-refractivity contribution in [1.82, 2.24) is 10.3 Å². The van der Waals surface area contributed by atoms with Crippen molar-refractivity contribution in [2.45, 2.75) is 83.4 Å². The number of hydrogen-bond acceptors (Lipinski definition) is 11. The number of imide groups is 1. The van der Waals surface area contributed by atoms with Crippen LogP contribution in [0.1, 0.15) is 53.9 Å². The van der Waals surface area contributed by atoms with E-state index in [1.54, 1.807) is 12.2 Å². The summed E-state index contributed by atoms with van der Waals surface area (Å²) >= 11 is 0. The summed E-state index contributed by atoms with van der Waals surface area (Å²) in [5, 5.41) is 0. The molecule has 2 amide bonds. The number of cyclic esters (lactones) is 1. The van der Waals surface area contributed by atoms with E-state index in [9.17, 15) is 24.0 Å². The summed E-state index contributed by atoms with van der Waals surface area (Å²) in [5.41, 5.74) is -0.267. The number of carbonyl (C=O) groups excluding carboxylic acids is 5. The number of rotatable bonds is 6. The highest BCUT2D eigenvalue weighted by molar-refractivity contribution is 6.07. The van der Waals surface area contributed by atoms with Crippen LogP contribution in [0.25, 0.3) is 0 Å². The molecular formula is C31H39N3O9. The molecule has 0 aromatic carbocycles. The maximum atomic E-state index is 13.7. The lowest BCUT2D eigenvalue weighted by Gasteiger charge is -2.57. The molecule has 4 aliphatic heterocycles. The van der Waals surface area contributed by atoms with E-state index in [0.717, 1.165) is 0 Å². The highest BCUT2D eigenvalue weighted by Crippen LogP contribution is 2.76. The Morgan fingerprint density at radius 2 is 1.93 bits per heavy atom. The number of amides is 2. The van der Waals surface area contributed by atoms with Gasteiger partial charge in [-0.2, -0.15) is 0 Å². The molecule has 3 N–H and O–H groups in total. The molecule has 0 bridgehead atoms. The van der Waals surface area contributed by atoms with Gasteiger partial charge < -0.3 is 18.9 Å². The minimum atomic E-state index is -1.07. The summed E-state index contributed by atoms with van der Waals surface area (Å²) in [5.74, 6) is 1.57. The zero-order chi connectivity index (χ0) is 31.3. The molecule has 4 fully saturated rings. The number of nitrogens with one attached hydrogen (secondary N) is 1. The van der Waals surface area contributed by atoms with Gasteiger partial charge in [-0.1, -0.05) is 32.6 Å². The van der Waals surface area contributed by atoms with Gasteiger partial charge in [0.25, 0.3) is 5.91 Å². The van der Waals surface area contributed by atoms with Gasteiger partial charge in [0.2, 0.25) is 5.91 Å². The first-order valence-electron chi connectivity index (χ1n) is 14.8. The van der Waals surface area contributed by atoms with Gasteiger partial charge in [-0.05, 0) is 25.8 Å². The summed E-state index contributed by atoms with van der Waals surface area (Å²) < 4.78 is 24.4. The van der Waals surface area contributed by atoms with Crippen LogP contribution in [0.2, 0.25) is 0 Å². The molecule has 0 aromatic heterocycles. The number of esters is 3. The average Bonchev–Trinajstić information content (AvgIpc) is 3.35. The second kappa shape index (κ2) is 9.57. The Bertz CT molecular complexity index is 1400. The smallest absolute Gasteiger partial charge is 0.330 e. The summed E-state index contributed by atoms with van der Waals surface area (Å²) in [4.78, 5) is 66.1. The van der Waals surface area contributed by atoms with Crippen LogP contribution in [-0.4, -0.2) is 77.2 Å². The maximum absolute atomic E-state index is 13.7. The van der Waals surface area contributed by atoms with Crippen LogP contribution in [0.15, 0.2) is 36.0 Å². The largest absolute Gasteiger partial charge is 0.459 e. The minimum Gasteiger partial charge on any atom is -0.459 e. The SMILES string of the molecule is C=C1C2C(OC(=O)C=CC2(C)C2CC(=O)OC2(C)C)C(OC(C)=O)C2(C)C(C3=CCN(C(=O)CCNN)C3=O)CC3OC132. The number of nitrogens with zero attached hydrogens (tertiary/aromatic N) is 1. The normalized spacial score (nSPS) is 42.4. The van der Waals surface area contributed by atoms with Crippen LogP contribution in [0.3, 0.4) is 0 Å². The summed E-state index contributed by atoms with van der Waals surface area (Å²) in [7, 11) is 0. The zero-order valence-corrected chi connectivity index (χ0v) is 25.1. The number of allylic oxidation sites excluding steroid dienone is 1. The molecule has 0 radical (unpaired) electrons. The van der Waals surface area contributed by atoms with Gasteiger partial charge in [0.1, 0.15) is 23.4 Å². The van der Waals surface area contributed by atoms with Gasteiger partial charge in [-0.25, -0.2) is 4.79 Å². The zero-order valence-electron chi connectivity index (χ0n) is 25.1. The lowest BCUT2D eigenvalue weighted by molar-refractivity contribution is -0.205. The fraction of sp³-hybridized carbons (Fsp3) is 0.645. The monoisotopic (exact) mass is 597 g/mol. The molecule has 9 atom stereocenters. The van der Waals surface area contributed by atoms with Crippen LogP contribution >= 0.6 is 0 Å². The Morgan fingerprint density at radius 1 is 1.21 bits per heavy atom. The summed E-state index contributed by atoms with van der Waals surface area (Å²) in [6.45, 7) is 13.7. The van der Waals surface area contributed by atoms with Crippen LogP contribution in [-0.2, 0) is 42.9 Å². The molecule has 2 saturated carbocycles. The molecule has 9 unspecified atom stereocenters. The van der Waals surface area contributed by atoms with Gasteiger partial charge in [-0.15, -0.1) is 0 Å². The van der Waals surface area contributed by atoms with Crippen molar-refractivity contribution in [2.24, 2.45) is 34.4 Å². The molecule has 6 rings (SSSR count). The molecule has 2 saturated heterocycles. The molecule has 12 heteroatoms. The van der Waals surface area contributed by atoms with Crippen molar-refractivity contribution < 1.29 is 42.9 Å². The number of hydrogen-bond donors (Lipinski definition) is 2. The predicted octanol–water partition coefficient (Wildman–Crippen LogP) is 1.25. The number of ether oxygens (including phenoxy) is 4. The number of hydrazine groups is 1. The molecule has 43 heavy (non-hydrogen) atoms. The van der Waals surface area contributed by atoms with Gasteiger partial charge in [0.15, 0.2) is 0 Å². The Hall–Kier alpha value is -3.35. The minimum absolute atomic E-state index is 0.0584. The lowest BCUT2D eigenvalue weighted by atomic mass is 9.49. The molecule has 1 spiro atoms. The number of nitrogens with two attached hydrogens (primary N) is 1. The molecule has 12 nitrogen and oxygen atoms in total. The van der Waals surface area contributed by atoms with Crippen LogP contribution in [0.4, 0.5) is 0 Å². The first kappa shape index (κ1) is 29.7. The molecular weight excluding hydrogens is 558 g/mol. The van der Waals surface area contributed by atoms with Crippen molar-refractivity contribution in [3.63, 3.8) is 0 Å². The quantitative estimate of drug-likeness (QED) is 0.113. The molecule has 232 valence electrons. The fourth-order valence-corrected chi connectivity index (χ4v) is 9.24. The van der Waals surface area contributed by atoms with E-state index in [0.29, 0.717) is 17.6 Å². The third kappa shape index (κ3) is 3.95. The second-order valence-corrected chi connectivity index (χ2v) is 13.6. The van der Waals surface area contributed by atoms with E-state index in [2.05, 4.69) is 12.0 Å². The van der Waals surface area contributed by atoms with Crippen LogP contribution in [0.5, 0.6) is 0 Å². The Kier molecular flexibility index (Phi) is 6.61. The summed E-state index contributed by atoms with van der Waals surface area (Å²) in [6.07, 6.45) is 3.13. The van der Waals surface area contributed by atoms with Gasteiger partial charge in [-0.3, -0.25) is 35.3 Å². The first-order valence-corrected chi connectivity index (χ1v) is 14.8. The predicted molar refractivity (Wildman–Crippen MR) is 149 cm³/mol. The Labute approximate surface area is 249 Å². The Morgan fingerprint density at radius 3 is 2.56 bits per heavy atom. The van der Waals surface area contributed by atoms with E-state index in [-0.39, 0.29) is 49.8 Å². The van der Waals surface area contributed by atoms with E-state index in [4.69, 9.17) is 24.8 Å². The highest BCUT2D eigenvalue weighted by Gasteiger charge is 2.84. The molecule has 0 aromatic rings. The highest BCUT2D eigenvalue weighted by atomic mass is 16.6. The van der Waals surface area contributed by atoms with Gasteiger partial charge in [0.05, 0.1) is 17.9 Å².